The Balaban J connectivity index is 1.47. The summed E-state index contributed by atoms with van der Waals surface area (Å²) in [6.07, 6.45) is 11.4. The molecule has 0 unspecified atom stereocenters. The maximum Gasteiger partial charge on any atom is 0.0341 e. The van der Waals surface area contributed by atoms with Crippen molar-refractivity contribution in [3.63, 3.8) is 0 Å². The number of hydrogen-bond acceptors (Lipinski definition) is 2. The third-order valence-corrected chi connectivity index (χ3v) is 5.88. The van der Waals surface area contributed by atoms with Gasteiger partial charge in [-0.2, -0.15) is 0 Å². The van der Waals surface area contributed by atoms with Crippen molar-refractivity contribution in [1.82, 2.24) is 0 Å². The van der Waals surface area contributed by atoms with Gasteiger partial charge < -0.3 is 5.32 Å². The van der Waals surface area contributed by atoms with Crippen molar-refractivity contribution < 1.29 is 0 Å². The Morgan fingerprint density at radius 1 is 0.895 bits per heavy atom. The number of benzene rings is 1. The first kappa shape index (κ1) is 13.4. The van der Waals surface area contributed by atoms with E-state index in [-0.39, 0.29) is 0 Å². The van der Waals surface area contributed by atoms with E-state index in [1.165, 1.54) is 61.9 Å². The van der Waals surface area contributed by atoms with Crippen LogP contribution in [0.25, 0.3) is 0 Å². The molecule has 0 heterocycles. The third kappa shape index (κ3) is 3.92. The van der Waals surface area contributed by atoms with Crippen molar-refractivity contribution in [2.75, 3.05) is 11.9 Å². The van der Waals surface area contributed by atoms with Gasteiger partial charge in [-0.15, -0.1) is 11.8 Å². The van der Waals surface area contributed by atoms with Crippen LogP contribution >= 0.6 is 11.8 Å². The second-order valence-electron chi connectivity index (χ2n) is 6.08. The van der Waals surface area contributed by atoms with Gasteiger partial charge >= 0.3 is 0 Å². The van der Waals surface area contributed by atoms with Crippen molar-refractivity contribution in [3.8, 4) is 0 Å². The van der Waals surface area contributed by atoms with Gasteiger partial charge in [0.05, 0.1) is 0 Å². The molecule has 2 heteroatoms. The fourth-order valence-corrected chi connectivity index (χ4v) is 4.57. The maximum atomic E-state index is 3.60. The van der Waals surface area contributed by atoms with E-state index >= 15 is 0 Å². The summed E-state index contributed by atoms with van der Waals surface area (Å²) in [5, 5.41) is 4.47. The molecule has 0 bridgehead atoms. The Hall–Kier alpha value is -0.630. The largest absolute Gasteiger partial charge is 0.385 e. The van der Waals surface area contributed by atoms with Gasteiger partial charge in [0.2, 0.25) is 0 Å². The van der Waals surface area contributed by atoms with Crippen molar-refractivity contribution in [3.05, 3.63) is 24.3 Å². The summed E-state index contributed by atoms with van der Waals surface area (Å²) < 4.78 is 0. The average molecular weight is 275 g/mol. The predicted octanol–water partition coefficient (Wildman–Crippen LogP) is 5.32. The molecule has 0 radical (unpaired) electrons. The Morgan fingerprint density at radius 2 is 1.53 bits per heavy atom. The van der Waals surface area contributed by atoms with Crippen LogP contribution in [0.3, 0.4) is 0 Å². The van der Waals surface area contributed by atoms with Crippen LogP contribution in [-0.4, -0.2) is 11.8 Å². The van der Waals surface area contributed by atoms with Gasteiger partial charge in [-0.3, -0.25) is 0 Å². The van der Waals surface area contributed by atoms with Crippen molar-refractivity contribution >= 4 is 17.4 Å². The fraction of sp³-hybridized carbons (Fsp3) is 0.647. The molecule has 2 saturated carbocycles. The van der Waals surface area contributed by atoms with Crippen LogP contribution in [0, 0.1) is 5.92 Å². The average Bonchev–Trinajstić information content (AvgIpc) is 3.11. The van der Waals surface area contributed by atoms with Crippen LogP contribution in [0.5, 0.6) is 0 Å². The topological polar surface area (TPSA) is 12.0 Å². The minimum absolute atomic E-state index is 0.872. The van der Waals surface area contributed by atoms with E-state index < -0.39 is 0 Å². The summed E-state index contributed by atoms with van der Waals surface area (Å²) in [7, 11) is 0. The normalized spacial score (nSPS) is 21.1. The van der Waals surface area contributed by atoms with Crippen molar-refractivity contribution in [2.24, 2.45) is 5.92 Å². The summed E-state index contributed by atoms with van der Waals surface area (Å²) in [5.74, 6) is 0.910. The minimum Gasteiger partial charge on any atom is -0.385 e. The Bertz CT molecular complexity index is 375. The molecule has 19 heavy (non-hydrogen) atoms. The first-order valence-corrected chi connectivity index (χ1v) is 8.79. The SMILES string of the molecule is c1cc(SC2CCCC2)ccc1NCC1CCCC1. The van der Waals surface area contributed by atoms with Gasteiger partial charge in [0, 0.05) is 22.4 Å². The van der Waals surface area contributed by atoms with E-state index in [1.54, 1.807) is 0 Å². The van der Waals surface area contributed by atoms with Gasteiger partial charge in [-0.05, 0) is 55.9 Å². The summed E-state index contributed by atoms with van der Waals surface area (Å²) in [4.78, 5) is 1.44. The number of thioether (sulfide) groups is 1. The highest BCUT2D eigenvalue weighted by Gasteiger charge is 2.16. The number of nitrogens with one attached hydrogen (secondary N) is 1. The lowest BCUT2D eigenvalue weighted by Crippen LogP contribution is -2.10. The number of anilines is 1. The van der Waals surface area contributed by atoms with Gasteiger partial charge in [-0.1, -0.05) is 25.7 Å². The summed E-state index contributed by atoms with van der Waals surface area (Å²) in [6, 6.07) is 9.10. The van der Waals surface area contributed by atoms with E-state index in [4.69, 9.17) is 0 Å². The monoisotopic (exact) mass is 275 g/mol. The van der Waals surface area contributed by atoms with Crippen LogP contribution in [0.15, 0.2) is 29.2 Å². The Labute approximate surface area is 121 Å². The lowest BCUT2D eigenvalue weighted by molar-refractivity contribution is 0.580. The molecule has 104 valence electrons. The first-order chi connectivity index (χ1) is 9.40. The molecular formula is C17H25NS. The van der Waals surface area contributed by atoms with Gasteiger partial charge in [0.1, 0.15) is 0 Å². The highest BCUT2D eigenvalue weighted by Crippen LogP contribution is 2.35. The summed E-state index contributed by atoms with van der Waals surface area (Å²) >= 11 is 2.08. The Kier molecular flexibility index (Phi) is 4.71. The van der Waals surface area contributed by atoms with Crippen molar-refractivity contribution in [2.45, 2.75) is 61.5 Å². The lowest BCUT2D eigenvalue weighted by Gasteiger charge is -2.13. The van der Waals surface area contributed by atoms with E-state index in [0.717, 1.165) is 17.7 Å². The third-order valence-electron chi connectivity index (χ3n) is 4.53. The molecule has 1 aromatic rings. The summed E-state index contributed by atoms with van der Waals surface area (Å²) in [5.41, 5.74) is 1.29. The molecule has 2 fully saturated rings. The standard InChI is InChI=1S/C17H25NS/c1-2-6-14(5-1)13-18-15-9-11-17(12-10-15)19-16-7-3-4-8-16/h9-12,14,16,18H,1-8,13H2. The highest BCUT2D eigenvalue weighted by atomic mass is 32.2. The second kappa shape index (κ2) is 6.69. The minimum atomic E-state index is 0.872. The zero-order valence-electron chi connectivity index (χ0n) is 11.7. The molecule has 3 rings (SSSR count). The second-order valence-corrected chi connectivity index (χ2v) is 7.45. The quantitative estimate of drug-likeness (QED) is 0.780. The zero-order valence-corrected chi connectivity index (χ0v) is 12.6. The molecule has 0 amide bonds. The van der Waals surface area contributed by atoms with E-state index in [2.05, 4.69) is 41.3 Å². The van der Waals surface area contributed by atoms with E-state index in [0.29, 0.717) is 0 Å². The van der Waals surface area contributed by atoms with Gasteiger partial charge in [0.25, 0.3) is 0 Å². The molecule has 0 aliphatic heterocycles. The molecule has 2 aliphatic carbocycles. The van der Waals surface area contributed by atoms with Crippen LogP contribution in [-0.2, 0) is 0 Å². The molecule has 2 aliphatic rings. The molecule has 0 saturated heterocycles. The smallest absolute Gasteiger partial charge is 0.0341 e. The maximum absolute atomic E-state index is 3.60. The molecule has 0 atom stereocenters. The molecule has 1 aromatic carbocycles. The van der Waals surface area contributed by atoms with Crippen LogP contribution in [0.4, 0.5) is 5.69 Å². The fourth-order valence-electron chi connectivity index (χ4n) is 3.33. The van der Waals surface area contributed by atoms with E-state index in [9.17, 15) is 0 Å². The van der Waals surface area contributed by atoms with Crippen molar-refractivity contribution in [1.29, 1.82) is 0 Å². The van der Waals surface area contributed by atoms with Crippen LogP contribution in [0.1, 0.15) is 51.4 Å². The van der Waals surface area contributed by atoms with Gasteiger partial charge in [0.15, 0.2) is 0 Å². The van der Waals surface area contributed by atoms with E-state index in [1.807, 2.05) is 0 Å². The first-order valence-electron chi connectivity index (χ1n) is 7.91. The zero-order chi connectivity index (χ0) is 12.9. The number of rotatable bonds is 5. The van der Waals surface area contributed by atoms with Crippen LogP contribution in [0.2, 0.25) is 0 Å². The van der Waals surface area contributed by atoms with Gasteiger partial charge in [-0.25, -0.2) is 0 Å². The lowest BCUT2D eigenvalue weighted by atomic mass is 10.1. The molecule has 1 N–H and O–H groups in total. The molecule has 0 spiro atoms. The molecule has 1 nitrogen and oxygen atoms in total. The predicted molar refractivity (Wildman–Crippen MR) is 85.0 cm³/mol. The summed E-state index contributed by atoms with van der Waals surface area (Å²) in [6.45, 7) is 1.16. The molecule has 0 aromatic heterocycles. The highest BCUT2D eigenvalue weighted by molar-refractivity contribution is 8.00. The Morgan fingerprint density at radius 3 is 2.21 bits per heavy atom. The molecular weight excluding hydrogens is 250 g/mol. The van der Waals surface area contributed by atoms with Crippen LogP contribution < -0.4 is 5.32 Å². The number of hydrogen-bond donors (Lipinski definition) is 1.